The van der Waals surface area contributed by atoms with Crippen molar-refractivity contribution >= 4 is 23.3 Å². The molecule has 144 valence electrons. The molecule has 1 aromatic heterocycles. The van der Waals surface area contributed by atoms with Gasteiger partial charge in [-0.25, -0.2) is 9.18 Å². The number of urea groups is 1. The molecule has 1 aromatic carbocycles. The number of carbonyl (C=O) groups is 2. The van der Waals surface area contributed by atoms with Gasteiger partial charge in [-0.05, 0) is 36.2 Å². The number of nitrogens with one attached hydrogen (secondary N) is 2. The van der Waals surface area contributed by atoms with Crippen molar-refractivity contribution in [3.63, 3.8) is 0 Å². The van der Waals surface area contributed by atoms with Crippen molar-refractivity contribution in [2.45, 2.75) is 39.7 Å². The number of hydrogen-bond acceptors (Lipinski definition) is 3. The molecule has 0 aliphatic heterocycles. The Hall–Kier alpha value is -2.96. The van der Waals surface area contributed by atoms with Gasteiger partial charge in [-0.3, -0.25) is 9.78 Å². The molecule has 0 fully saturated rings. The van der Waals surface area contributed by atoms with Gasteiger partial charge in [0.25, 0.3) is 0 Å². The summed E-state index contributed by atoms with van der Waals surface area (Å²) in [4.78, 5) is 29.9. The summed E-state index contributed by atoms with van der Waals surface area (Å²) >= 11 is 0. The summed E-state index contributed by atoms with van der Waals surface area (Å²) in [7, 11) is 0. The first-order chi connectivity index (χ1) is 13.0. The molecule has 2 N–H and O–H groups in total. The van der Waals surface area contributed by atoms with Gasteiger partial charge in [0, 0.05) is 37.6 Å². The van der Waals surface area contributed by atoms with Crippen LogP contribution in [0.25, 0.3) is 0 Å². The van der Waals surface area contributed by atoms with Crippen LogP contribution < -0.4 is 10.6 Å². The van der Waals surface area contributed by atoms with Gasteiger partial charge in [0.15, 0.2) is 0 Å². The molecule has 7 heteroatoms. The Labute approximate surface area is 158 Å². The lowest BCUT2D eigenvalue weighted by Crippen LogP contribution is -2.35. The molecule has 3 amide bonds. The van der Waals surface area contributed by atoms with Crippen molar-refractivity contribution in [1.29, 1.82) is 0 Å². The zero-order valence-corrected chi connectivity index (χ0v) is 15.7. The number of hydrogen-bond donors (Lipinski definition) is 2. The summed E-state index contributed by atoms with van der Waals surface area (Å²) in [5, 5.41) is 5.27. The smallest absolute Gasteiger partial charge is 0.322 e. The van der Waals surface area contributed by atoms with Crippen LogP contribution in [0.2, 0.25) is 0 Å². The van der Waals surface area contributed by atoms with Crippen molar-refractivity contribution in [3.8, 4) is 0 Å². The molecule has 0 radical (unpaired) electrons. The van der Waals surface area contributed by atoms with Gasteiger partial charge < -0.3 is 15.5 Å². The molecular formula is C20H25FN4O2. The first-order valence-corrected chi connectivity index (χ1v) is 9.07. The number of carbonyl (C=O) groups excluding carboxylic acids is 2. The van der Waals surface area contributed by atoms with Gasteiger partial charge in [-0.15, -0.1) is 0 Å². The van der Waals surface area contributed by atoms with Gasteiger partial charge in [0.05, 0.1) is 5.69 Å². The Kier molecular flexibility index (Phi) is 7.73. The van der Waals surface area contributed by atoms with Crippen molar-refractivity contribution in [1.82, 2.24) is 9.88 Å². The average molecular weight is 372 g/mol. The van der Waals surface area contributed by atoms with E-state index in [1.807, 2.05) is 19.1 Å². The molecule has 0 aliphatic carbocycles. The van der Waals surface area contributed by atoms with Crippen LogP contribution >= 0.6 is 0 Å². The van der Waals surface area contributed by atoms with Gasteiger partial charge in [-0.1, -0.05) is 26.3 Å². The highest BCUT2D eigenvalue weighted by Crippen LogP contribution is 2.21. The summed E-state index contributed by atoms with van der Waals surface area (Å²) in [6.45, 7) is 4.70. The van der Waals surface area contributed by atoms with Gasteiger partial charge in [0.2, 0.25) is 5.91 Å². The van der Waals surface area contributed by atoms with E-state index in [0.29, 0.717) is 25.2 Å². The number of halogens is 1. The molecule has 0 spiro atoms. The number of pyridine rings is 1. The first-order valence-electron chi connectivity index (χ1n) is 9.07. The zero-order valence-electron chi connectivity index (χ0n) is 15.7. The zero-order chi connectivity index (χ0) is 19.6. The predicted molar refractivity (Wildman–Crippen MR) is 104 cm³/mol. The summed E-state index contributed by atoms with van der Waals surface area (Å²) in [5.74, 6) is -0.741. The minimum Gasteiger partial charge on any atom is -0.326 e. The molecule has 27 heavy (non-hydrogen) atoms. The Morgan fingerprint density at radius 2 is 2.00 bits per heavy atom. The Bertz CT molecular complexity index is 768. The Balaban J connectivity index is 2.13. The van der Waals surface area contributed by atoms with Crippen LogP contribution in [0.3, 0.4) is 0 Å². The Morgan fingerprint density at radius 3 is 2.67 bits per heavy atom. The summed E-state index contributed by atoms with van der Waals surface area (Å²) < 4.78 is 14.1. The number of amides is 3. The quantitative estimate of drug-likeness (QED) is 0.721. The molecule has 1 heterocycles. The average Bonchev–Trinajstić information content (AvgIpc) is 2.68. The Morgan fingerprint density at radius 1 is 1.19 bits per heavy atom. The standard InChI is InChI=1S/C20H25FN4O2/c1-3-5-11-25(14-15-7-6-10-22-13-15)20(27)24-18-12-16(8-9-17(18)21)23-19(26)4-2/h6-10,12-13H,3-5,11,14H2,1-2H3,(H,23,26)(H,24,27). The minimum atomic E-state index is -0.560. The highest BCUT2D eigenvalue weighted by atomic mass is 19.1. The highest BCUT2D eigenvalue weighted by molar-refractivity contribution is 5.93. The lowest BCUT2D eigenvalue weighted by atomic mass is 10.2. The van der Waals surface area contributed by atoms with E-state index in [0.717, 1.165) is 18.4 Å². The molecule has 2 rings (SSSR count). The lowest BCUT2D eigenvalue weighted by molar-refractivity contribution is -0.115. The summed E-state index contributed by atoms with van der Waals surface area (Å²) in [6, 6.07) is 7.40. The van der Waals surface area contributed by atoms with E-state index < -0.39 is 11.8 Å². The maximum atomic E-state index is 14.1. The molecule has 0 aliphatic rings. The normalized spacial score (nSPS) is 10.3. The molecule has 0 bridgehead atoms. The molecule has 0 saturated carbocycles. The van der Waals surface area contributed by atoms with Crippen LogP contribution in [0.5, 0.6) is 0 Å². The van der Waals surface area contributed by atoms with Gasteiger partial charge >= 0.3 is 6.03 Å². The van der Waals surface area contributed by atoms with E-state index in [9.17, 15) is 14.0 Å². The van der Waals surface area contributed by atoms with Crippen molar-refractivity contribution in [2.24, 2.45) is 0 Å². The molecular weight excluding hydrogens is 347 g/mol. The van der Waals surface area contributed by atoms with Crippen molar-refractivity contribution in [3.05, 3.63) is 54.1 Å². The third kappa shape index (κ3) is 6.36. The van der Waals surface area contributed by atoms with Crippen LogP contribution in [-0.4, -0.2) is 28.4 Å². The second-order valence-corrected chi connectivity index (χ2v) is 6.16. The van der Waals surface area contributed by atoms with Crippen LogP contribution in [-0.2, 0) is 11.3 Å². The van der Waals surface area contributed by atoms with E-state index in [2.05, 4.69) is 15.6 Å². The maximum Gasteiger partial charge on any atom is 0.322 e. The van der Waals surface area contributed by atoms with Crippen LogP contribution in [0, 0.1) is 5.82 Å². The fourth-order valence-electron chi connectivity index (χ4n) is 2.46. The minimum absolute atomic E-state index is 0.0292. The van der Waals surface area contributed by atoms with Crippen molar-refractivity contribution < 1.29 is 14.0 Å². The molecule has 6 nitrogen and oxygen atoms in total. The SMILES string of the molecule is CCCCN(Cc1cccnc1)C(=O)Nc1cc(NC(=O)CC)ccc1F. The van der Waals surface area contributed by atoms with E-state index in [1.165, 1.54) is 18.2 Å². The number of rotatable bonds is 8. The van der Waals surface area contributed by atoms with Crippen LogP contribution in [0.4, 0.5) is 20.6 Å². The summed E-state index contributed by atoms with van der Waals surface area (Å²) in [6.07, 6.45) is 5.46. The molecule has 2 aromatic rings. The highest BCUT2D eigenvalue weighted by Gasteiger charge is 2.16. The number of aromatic nitrogens is 1. The molecule has 0 saturated heterocycles. The van der Waals surface area contributed by atoms with E-state index in [4.69, 9.17) is 0 Å². The second-order valence-electron chi connectivity index (χ2n) is 6.16. The topological polar surface area (TPSA) is 74.3 Å². The monoisotopic (exact) mass is 372 g/mol. The second kappa shape index (κ2) is 10.3. The van der Waals surface area contributed by atoms with Gasteiger partial charge in [-0.2, -0.15) is 0 Å². The third-order valence-electron chi connectivity index (χ3n) is 3.98. The largest absolute Gasteiger partial charge is 0.326 e. The third-order valence-corrected chi connectivity index (χ3v) is 3.98. The number of unbranched alkanes of at least 4 members (excludes halogenated alkanes) is 1. The lowest BCUT2D eigenvalue weighted by Gasteiger charge is -2.23. The van der Waals surface area contributed by atoms with Crippen LogP contribution in [0.15, 0.2) is 42.7 Å². The molecule has 0 atom stereocenters. The number of benzene rings is 1. The fraction of sp³-hybridized carbons (Fsp3) is 0.350. The van der Waals surface area contributed by atoms with E-state index >= 15 is 0 Å². The van der Waals surface area contributed by atoms with Crippen molar-refractivity contribution in [2.75, 3.05) is 17.2 Å². The number of anilines is 2. The van der Waals surface area contributed by atoms with Gasteiger partial charge in [0.1, 0.15) is 5.82 Å². The number of nitrogens with zero attached hydrogens (tertiary/aromatic N) is 2. The molecule has 0 unspecified atom stereocenters. The summed E-state index contributed by atoms with van der Waals surface area (Å²) in [5.41, 5.74) is 1.36. The predicted octanol–water partition coefficient (Wildman–Crippen LogP) is 4.40. The van der Waals surface area contributed by atoms with E-state index in [-0.39, 0.29) is 11.6 Å². The van der Waals surface area contributed by atoms with Crippen LogP contribution in [0.1, 0.15) is 38.7 Å². The van der Waals surface area contributed by atoms with E-state index in [1.54, 1.807) is 24.2 Å². The fourth-order valence-corrected chi connectivity index (χ4v) is 2.46. The maximum absolute atomic E-state index is 14.1. The first kappa shape index (κ1) is 20.4.